The van der Waals surface area contributed by atoms with Gasteiger partial charge < -0.3 is 20.3 Å². The van der Waals surface area contributed by atoms with Crippen molar-refractivity contribution in [1.29, 1.82) is 0 Å². The van der Waals surface area contributed by atoms with Crippen LogP contribution in [-0.4, -0.2) is 50.1 Å². The van der Waals surface area contributed by atoms with Gasteiger partial charge in [-0.25, -0.2) is 0 Å². The van der Waals surface area contributed by atoms with Gasteiger partial charge in [0.05, 0.1) is 0 Å². The first-order chi connectivity index (χ1) is 13.1. The third-order valence-electron chi connectivity index (χ3n) is 4.53. The molecule has 0 spiro atoms. The van der Waals surface area contributed by atoms with Crippen LogP contribution in [0.25, 0.3) is 0 Å². The van der Waals surface area contributed by atoms with Crippen LogP contribution in [0, 0.1) is 5.92 Å². The van der Waals surface area contributed by atoms with Gasteiger partial charge in [0, 0.05) is 52.9 Å². The molecule has 1 aliphatic heterocycles. The number of benzene rings is 1. The standard InChI is InChI=1S/C21H34N4O2/c1-17(2)16-27-13-7-11-23-21(22-3)24-14-18-8-4-5-9-19(18)15-25-12-6-10-20(25)26/h4-5,8-9,17H,6-7,10-16H2,1-3H3,(H2,22,23,24). The number of likely N-dealkylation sites (tertiary alicyclic amines) is 1. The fourth-order valence-corrected chi connectivity index (χ4v) is 3.06. The molecule has 2 N–H and O–H groups in total. The van der Waals surface area contributed by atoms with E-state index >= 15 is 0 Å². The first-order valence-electron chi connectivity index (χ1n) is 9.97. The lowest BCUT2D eigenvalue weighted by molar-refractivity contribution is -0.128. The number of guanidine groups is 1. The zero-order chi connectivity index (χ0) is 19.5. The maximum absolute atomic E-state index is 11.9. The second-order valence-electron chi connectivity index (χ2n) is 7.36. The minimum Gasteiger partial charge on any atom is -0.381 e. The molecule has 1 amide bonds. The number of rotatable bonds is 10. The molecule has 2 rings (SSSR count). The Kier molecular flexibility index (Phi) is 9.11. The highest BCUT2D eigenvalue weighted by Gasteiger charge is 2.20. The quantitative estimate of drug-likeness (QED) is 0.375. The lowest BCUT2D eigenvalue weighted by Gasteiger charge is -2.19. The molecule has 0 bridgehead atoms. The third kappa shape index (κ3) is 7.59. The monoisotopic (exact) mass is 374 g/mol. The van der Waals surface area contributed by atoms with Crippen LogP contribution in [0.15, 0.2) is 29.3 Å². The fraction of sp³-hybridized carbons (Fsp3) is 0.619. The maximum atomic E-state index is 11.9. The summed E-state index contributed by atoms with van der Waals surface area (Å²) in [6.45, 7) is 8.93. The van der Waals surface area contributed by atoms with Crippen LogP contribution < -0.4 is 10.6 Å². The molecule has 0 aromatic heterocycles. The first-order valence-corrected chi connectivity index (χ1v) is 9.97. The van der Waals surface area contributed by atoms with Crippen LogP contribution in [0.2, 0.25) is 0 Å². The van der Waals surface area contributed by atoms with Gasteiger partial charge in [0.1, 0.15) is 0 Å². The van der Waals surface area contributed by atoms with Crippen molar-refractivity contribution in [3.05, 3.63) is 35.4 Å². The van der Waals surface area contributed by atoms with Gasteiger partial charge in [-0.05, 0) is 29.9 Å². The summed E-state index contributed by atoms with van der Waals surface area (Å²) in [6.07, 6.45) is 2.59. The summed E-state index contributed by atoms with van der Waals surface area (Å²) < 4.78 is 5.60. The van der Waals surface area contributed by atoms with Crippen LogP contribution in [0.4, 0.5) is 0 Å². The van der Waals surface area contributed by atoms with E-state index in [2.05, 4.69) is 41.6 Å². The molecular formula is C21H34N4O2. The highest BCUT2D eigenvalue weighted by molar-refractivity contribution is 5.79. The van der Waals surface area contributed by atoms with Crippen LogP contribution in [-0.2, 0) is 22.6 Å². The van der Waals surface area contributed by atoms with Crippen molar-refractivity contribution in [2.24, 2.45) is 10.9 Å². The summed E-state index contributed by atoms with van der Waals surface area (Å²) in [4.78, 5) is 18.1. The van der Waals surface area contributed by atoms with Crippen molar-refractivity contribution < 1.29 is 9.53 Å². The van der Waals surface area contributed by atoms with Gasteiger partial charge in [-0.2, -0.15) is 0 Å². The van der Waals surface area contributed by atoms with E-state index in [0.29, 0.717) is 25.4 Å². The van der Waals surface area contributed by atoms with Gasteiger partial charge in [-0.1, -0.05) is 38.1 Å². The molecule has 1 fully saturated rings. The van der Waals surface area contributed by atoms with E-state index in [1.54, 1.807) is 7.05 Å². The van der Waals surface area contributed by atoms with Gasteiger partial charge in [0.15, 0.2) is 5.96 Å². The van der Waals surface area contributed by atoms with Crippen molar-refractivity contribution in [2.45, 2.75) is 46.2 Å². The Morgan fingerprint density at radius 1 is 1.26 bits per heavy atom. The number of carbonyl (C=O) groups is 1. The number of amides is 1. The average molecular weight is 375 g/mol. The van der Waals surface area contributed by atoms with E-state index < -0.39 is 0 Å². The van der Waals surface area contributed by atoms with E-state index in [1.807, 2.05) is 17.0 Å². The summed E-state index contributed by atoms with van der Waals surface area (Å²) >= 11 is 0. The first kappa shape index (κ1) is 21.2. The van der Waals surface area contributed by atoms with Crippen molar-refractivity contribution in [2.75, 3.05) is 33.4 Å². The number of aliphatic imine (C=N–C) groups is 1. The Hall–Kier alpha value is -2.08. The number of hydrogen-bond donors (Lipinski definition) is 2. The molecule has 6 nitrogen and oxygen atoms in total. The van der Waals surface area contributed by atoms with Crippen molar-refractivity contribution in [3.8, 4) is 0 Å². The van der Waals surface area contributed by atoms with E-state index in [-0.39, 0.29) is 5.91 Å². The molecule has 6 heteroatoms. The minimum absolute atomic E-state index is 0.259. The summed E-state index contributed by atoms with van der Waals surface area (Å²) in [5, 5.41) is 6.69. The van der Waals surface area contributed by atoms with E-state index in [9.17, 15) is 4.79 Å². The summed E-state index contributed by atoms with van der Waals surface area (Å²) in [5.41, 5.74) is 2.39. The Morgan fingerprint density at radius 3 is 2.70 bits per heavy atom. The number of carbonyl (C=O) groups excluding carboxylic acids is 1. The molecule has 0 aliphatic carbocycles. The second-order valence-corrected chi connectivity index (χ2v) is 7.36. The molecule has 1 aromatic carbocycles. The zero-order valence-electron chi connectivity index (χ0n) is 17.0. The van der Waals surface area contributed by atoms with Gasteiger partial charge in [-0.3, -0.25) is 9.79 Å². The minimum atomic E-state index is 0.259. The summed E-state index contributed by atoms with van der Waals surface area (Å²) in [6, 6.07) is 8.28. The Bertz CT molecular complexity index is 616. The molecular weight excluding hydrogens is 340 g/mol. The molecule has 0 saturated carbocycles. The largest absolute Gasteiger partial charge is 0.381 e. The molecule has 1 aliphatic rings. The van der Waals surface area contributed by atoms with Crippen molar-refractivity contribution in [3.63, 3.8) is 0 Å². The molecule has 1 saturated heterocycles. The maximum Gasteiger partial charge on any atom is 0.222 e. The molecule has 150 valence electrons. The van der Waals surface area contributed by atoms with Crippen LogP contribution in [0.3, 0.4) is 0 Å². The van der Waals surface area contributed by atoms with Gasteiger partial charge in [-0.15, -0.1) is 0 Å². The molecule has 0 radical (unpaired) electrons. The topological polar surface area (TPSA) is 66.0 Å². The van der Waals surface area contributed by atoms with Crippen LogP contribution in [0.1, 0.15) is 44.2 Å². The molecule has 1 aromatic rings. The predicted molar refractivity (Wildman–Crippen MR) is 110 cm³/mol. The Morgan fingerprint density at radius 2 is 2.04 bits per heavy atom. The lowest BCUT2D eigenvalue weighted by atomic mass is 10.1. The normalized spacial score (nSPS) is 14.9. The SMILES string of the molecule is CN=C(NCCCOCC(C)C)NCc1ccccc1CN1CCCC1=O. The average Bonchev–Trinajstić information content (AvgIpc) is 3.06. The highest BCUT2D eigenvalue weighted by atomic mass is 16.5. The second kappa shape index (κ2) is 11.6. The van der Waals surface area contributed by atoms with Crippen LogP contribution in [0.5, 0.6) is 0 Å². The van der Waals surface area contributed by atoms with Gasteiger partial charge in [0.2, 0.25) is 5.91 Å². The number of ether oxygens (including phenoxy) is 1. The van der Waals surface area contributed by atoms with Gasteiger partial charge >= 0.3 is 0 Å². The predicted octanol–water partition coefficient (Wildman–Crippen LogP) is 2.54. The number of hydrogen-bond acceptors (Lipinski definition) is 3. The number of nitrogens with zero attached hydrogens (tertiary/aromatic N) is 2. The zero-order valence-corrected chi connectivity index (χ0v) is 17.0. The van der Waals surface area contributed by atoms with Crippen LogP contribution >= 0.6 is 0 Å². The van der Waals surface area contributed by atoms with E-state index in [1.165, 1.54) is 11.1 Å². The lowest BCUT2D eigenvalue weighted by Crippen LogP contribution is -2.38. The molecule has 27 heavy (non-hydrogen) atoms. The fourth-order valence-electron chi connectivity index (χ4n) is 3.06. The summed E-state index contributed by atoms with van der Waals surface area (Å²) in [7, 11) is 1.78. The van der Waals surface area contributed by atoms with Crippen molar-refractivity contribution >= 4 is 11.9 Å². The number of nitrogens with one attached hydrogen (secondary N) is 2. The molecule has 0 unspecified atom stereocenters. The van der Waals surface area contributed by atoms with Crippen molar-refractivity contribution in [1.82, 2.24) is 15.5 Å². The smallest absolute Gasteiger partial charge is 0.222 e. The third-order valence-corrected chi connectivity index (χ3v) is 4.53. The molecule has 1 heterocycles. The van der Waals surface area contributed by atoms with Gasteiger partial charge in [0.25, 0.3) is 0 Å². The van der Waals surface area contributed by atoms with E-state index in [0.717, 1.165) is 45.1 Å². The van der Waals surface area contributed by atoms with E-state index in [4.69, 9.17) is 4.74 Å². The summed E-state index contributed by atoms with van der Waals surface area (Å²) in [5.74, 6) is 1.61. The Labute approximate surface area is 163 Å². The Balaban J connectivity index is 1.76. The molecule has 0 atom stereocenters. The highest BCUT2D eigenvalue weighted by Crippen LogP contribution is 2.17.